The number of carbonyl (C=O) groups excluding carboxylic acids is 4. The van der Waals surface area contributed by atoms with Gasteiger partial charge in [-0.2, -0.15) is 0 Å². The fourth-order valence-electron chi connectivity index (χ4n) is 13.0. The molecule has 3 unspecified atom stereocenters. The van der Waals surface area contributed by atoms with E-state index in [0.29, 0.717) is 25.7 Å². The number of carbonyl (C=O) groups is 4. The molecule has 0 aromatic heterocycles. The highest BCUT2D eigenvalue weighted by Gasteiger charge is 2.30. The van der Waals surface area contributed by atoms with E-state index in [-0.39, 0.29) is 25.7 Å². The zero-order valence-electron chi connectivity index (χ0n) is 67.6. The summed E-state index contributed by atoms with van der Waals surface area (Å²) < 4.78 is 68.8. The number of unbranched alkanes of at least 4 members (excludes halogenated alkanes) is 52. The normalized spacial score (nSPS) is 14.1. The Morgan fingerprint density at radius 1 is 0.282 bits per heavy atom. The van der Waals surface area contributed by atoms with Crippen molar-refractivity contribution in [2.45, 2.75) is 464 Å². The van der Waals surface area contributed by atoms with Crippen molar-refractivity contribution in [1.29, 1.82) is 0 Å². The lowest BCUT2D eigenvalue weighted by Crippen LogP contribution is -2.30. The average molecular weight is 1510 g/mol. The van der Waals surface area contributed by atoms with Gasteiger partial charge in [0.05, 0.1) is 26.4 Å². The molecule has 0 aliphatic rings. The monoisotopic (exact) mass is 1510 g/mol. The zero-order chi connectivity index (χ0) is 75.6. The molecule has 0 heterocycles. The van der Waals surface area contributed by atoms with Crippen LogP contribution in [-0.4, -0.2) is 96.7 Å². The molecule has 0 aromatic carbocycles. The predicted octanol–water partition coefficient (Wildman–Crippen LogP) is 25.5. The van der Waals surface area contributed by atoms with Gasteiger partial charge < -0.3 is 33.8 Å². The molecule has 103 heavy (non-hydrogen) atoms. The molecule has 3 N–H and O–H groups in total. The Kier molecular flexibility index (Phi) is 74.1. The van der Waals surface area contributed by atoms with Gasteiger partial charge in [0.25, 0.3) is 0 Å². The number of aliphatic hydroxyl groups excluding tert-OH is 1. The Balaban J connectivity index is 5.24. The molecule has 17 nitrogen and oxygen atoms in total. The summed E-state index contributed by atoms with van der Waals surface area (Å²) in [7, 11) is -9.93. The fraction of sp³-hybridized carbons (Fsp3) is 0.952. The van der Waals surface area contributed by atoms with Crippen molar-refractivity contribution < 1.29 is 80.2 Å². The lowest BCUT2D eigenvalue weighted by atomic mass is 10.00. The van der Waals surface area contributed by atoms with Crippen molar-refractivity contribution in [2.75, 3.05) is 39.6 Å². The summed E-state index contributed by atoms with van der Waals surface area (Å²) in [5, 5.41) is 10.7. The third kappa shape index (κ3) is 76.6. The first-order chi connectivity index (χ1) is 49.9. The Morgan fingerprint density at radius 2 is 0.495 bits per heavy atom. The number of hydrogen-bond acceptors (Lipinski definition) is 15. The van der Waals surface area contributed by atoms with Gasteiger partial charge in [0.15, 0.2) is 12.2 Å². The van der Waals surface area contributed by atoms with E-state index in [2.05, 4.69) is 41.5 Å². The Hall–Kier alpha value is -1.94. The summed E-state index contributed by atoms with van der Waals surface area (Å²) in [4.78, 5) is 73.2. The van der Waals surface area contributed by atoms with Crippen molar-refractivity contribution in [2.24, 2.45) is 11.8 Å². The highest BCUT2D eigenvalue weighted by Crippen LogP contribution is 2.45. The van der Waals surface area contributed by atoms with E-state index in [1.54, 1.807) is 0 Å². The zero-order valence-corrected chi connectivity index (χ0v) is 69.4. The van der Waals surface area contributed by atoms with Gasteiger partial charge in [-0.1, -0.05) is 395 Å². The molecule has 0 bridgehead atoms. The van der Waals surface area contributed by atoms with Gasteiger partial charge in [-0.15, -0.1) is 0 Å². The van der Waals surface area contributed by atoms with Crippen molar-refractivity contribution in [3.63, 3.8) is 0 Å². The summed E-state index contributed by atoms with van der Waals surface area (Å²) in [6, 6.07) is 0. The molecule has 6 atom stereocenters. The first kappa shape index (κ1) is 101. The lowest BCUT2D eigenvalue weighted by molar-refractivity contribution is -0.161. The molecule has 0 aliphatic carbocycles. The van der Waals surface area contributed by atoms with Crippen LogP contribution in [0.25, 0.3) is 0 Å². The van der Waals surface area contributed by atoms with E-state index in [9.17, 15) is 43.2 Å². The highest BCUT2D eigenvalue weighted by molar-refractivity contribution is 7.47. The minimum Gasteiger partial charge on any atom is -0.462 e. The summed E-state index contributed by atoms with van der Waals surface area (Å²) in [6.45, 7) is 9.65. The molecule has 0 amide bonds. The number of aliphatic hydroxyl groups is 1. The molecule has 0 rings (SSSR count). The van der Waals surface area contributed by atoms with Gasteiger partial charge in [-0.05, 0) is 37.5 Å². The molecular formula is C84H164O17P2. The quantitative estimate of drug-likeness (QED) is 0.0222. The van der Waals surface area contributed by atoms with E-state index < -0.39 is 97.5 Å². The van der Waals surface area contributed by atoms with Crippen molar-refractivity contribution in [3.05, 3.63) is 0 Å². The number of hydrogen-bond donors (Lipinski definition) is 3. The van der Waals surface area contributed by atoms with Crippen molar-refractivity contribution in [3.8, 4) is 0 Å². The number of esters is 4. The molecule has 0 saturated carbocycles. The Morgan fingerprint density at radius 3 is 0.738 bits per heavy atom. The third-order valence-electron chi connectivity index (χ3n) is 20.1. The van der Waals surface area contributed by atoms with Gasteiger partial charge in [-0.3, -0.25) is 37.3 Å². The predicted molar refractivity (Wildman–Crippen MR) is 423 cm³/mol. The van der Waals surface area contributed by atoms with Gasteiger partial charge >= 0.3 is 39.5 Å². The maximum Gasteiger partial charge on any atom is 0.472 e. The summed E-state index contributed by atoms with van der Waals surface area (Å²) in [6.07, 6.45) is 66.6. The maximum absolute atomic E-state index is 13.1. The minimum absolute atomic E-state index is 0.108. The van der Waals surface area contributed by atoms with E-state index in [0.717, 1.165) is 108 Å². The summed E-state index contributed by atoms with van der Waals surface area (Å²) in [5.41, 5.74) is 0. The number of phosphoric ester groups is 2. The number of phosphoric acid groups is 2. The second-order valence-electron chi connectivity index (χ2n) is 30.9. The van der Waals surface area contributed by atoms with Crippen LogP contribution < -0.4 is 0 Å². The minimum atomic E-state index is -4.96. The van der Waals surface area contributed by atoms with Crippen LogP contribution in [0.1, 0.15) is 446 Å². The van der Waals surface area contributed by atoms with Crippen LogP contribution in [-0.2, 0) is 65.4 Å². The average Bonchev–Trinajstić information content (AvgIpc) is 0.921. The van der Waals surface area contributed by atoms with E-state index in [1.165, 1.54) is 257 Å². The van der Waals surface area contributed by atoms with Crippen LogP contribution in [0.15, 0.2) is 0 Å². The molecule has 0 aliphatic heterocycles. The standard InChI is InChI=1S/C84H164O17P2/c1-7-10-12-14-16-18-20-22-24-26-28-31-35-39-43-47-54-60-66-81(86)94-72-79(100-83(88)68-63-57-49-45-41-37-33-29-30-34-38-42-46-52-58-64-76(4)5)74-98-102(90,91)96-70-78(85)71-97-103(92,93)99-75-80(73-95-82(87)67-61-55-51-50-53-59-65-77(6)9-3)101-84(89)69-62-56-48-44-40-36-32-27-25-23-21-19-17-15-13-11-8-2/h76-80,85H,7-75H2,1-6H3,(H,90,91)(H,92,93)/t77?,78-,79-,80-/m1/s1. The number of rotatable bonds is 83. The van der Waals surface area contributed by atoms with Crippen molar-refractivity contribution >= 4 is 39.5 Å². The van der Waals surface area contributed by atoms with Crippen LogP contribution in [0.4, 0.5) is 0 Å². The smallest absolute Gasteiger partial charge is 0.462 e. The molecule has 19 heteroatoms. The van der Waals surface area contributed by atoms with Crippen LogP contribution in [0, 0.1) is 11.8 Å². The largest absolute Gasteiger partial charge is 0.472 e. The molecule has 0 spiro atoms. The van der Waals surface area contributed by atoms with Gasteiger partial charge in [0, 0.05) is 25.7 Å². The van der Waals surface area contributed by atoms with Crippen LogP contribution >= 0.6 is 15.6 Å². The van der Waals surface area contributed by atoms with E-state index in [1.807, 2.05) is 0 Å². The molecule has 0 radical (unpaired) electrons. The first-order valence-electron chi connectivity index (χ1n) is 43.5. The summed E-state index contributed by atoms with van der Waals surface area (Å²) >= 11 is 0. The Labute approximate surface area is 632 Å². The molecule has 0 saturated heterocycles. The van der Waals surface area contributed by atoms with Gasteiger partial charge in [-0.25, -0.2) is 9.13 Å². The second kappa shape index (κ2) is 75.5. The second-order valence-corrected chi connectivity index (χ2v) is 33.8. The lowest BCUT2D eigenvalue weighted by Gasteiger charge is -2.21. The van der Waals surface area contributed by atoms with Crippen LogP contribution in [0.5, 0.6) is 0 Å². The fourth-order valence-corrected chi connectivity index (χ4v) is 14.6. The molecule has 0 aromatic rings. The summed E-state index contributed by atoms with van der Waals surface area (Å²) in [5.74, 6) is -0.571. The molecular weight excluding hydrogens is 1340 g/mol. The van der Waals surface area contributed by atoms with Crippen LogP contribution in [0.3, 0.4) is 0 Å². The third-order valence-corrected chi connectivity index (χ3v) is 22.0. The van der Waals surface area contributed by atoms with E-state index >= 15 is 0 Å². The highest BCUT2D eigenvalue weighted by atomic mass is 31.2. The number of ether oxygens (including phenoxy) is 4. The van der Waals surface area contributed by atoms with Crippen molar-refractivity contribution in [1.82, 2.24) is 0 Å². The topological polar surface area (TPSA) is 237 Å². The SMILES string of the molecule is CCCCCCCCCCCCCCCCCCCCC(=O)OC[C@H](COP(=O)(O)OC[C@@H](O)COP(=O)(O)OC[C@@H](COC(=O)CCCCCCCCC(C)CC)OC(=O)CCCCCCCCCCCCCCCCCCC)OC(=O)CCCCCCCCCCCCCCCCCC(C)C. The van der Waals surface area contributed by atoms with Gasteiger partial charge in [0.1, 0.15) is 19.3 Å². The van der Waals surface area contributed by atoms with E-state index in [4.69, 9.17) is 37.0 Å². The Bertz CT molecular complexity index is 1980. The first-order valence-corrected chi connectivity index (χ1v) is 46.5. The van der Waals surface area contributed by atoms with Crippen LogP contribution in [0.2, 0.25) is 0 Å². The molecule has 0 fully saturated rings. The molecule has 612 valence electrons. The van der Waals surface area contributed by atoms with Gasteiger partial charge in [0.2, 0.25) is 0 Å². The maximum atomic E-state index is 13.1.